The van der Waals surface area contributed by atoms with Gasteiger partial charge >= 0.3 is 5.69 Å². The Morgan fingerprint density at radius 1 is 1.52 bits per heavy atom. The lowest BCUT2D eigenvalue weighted by atomic mass is 10.0. The van der Waals surface area contributed by atoms with Gasteiger partial charge in [0, 0.05) is 33.7 Å². The third-order valence-corrected chi connectivity index (χ3v) is 3.54. The van der Waals surface area contributed by atoms with Gasteiger partial charge in [-0.1, -0.05) is 0 Å². The van der Waals surface area contributed by atoms with Crippen LogP contribution in [0.2, 0.25) is 0 Å². The number of hydrogen-bond donors (Lipinski definition) is 2. The molecule has 0 bridgehead atoms. The zero-order valence-electron chi connectivity index (χ0n) is 12.3. The number of nitrogens with one attached hydrogen (secondary N) is 2. The smallest absolute Gasteiger partial charge is 0.332 e. The second kappa shape index (κ2) is 6.19. The maximum Gasteiger partial charge on any atom is 0.332 e. The highest BCUT2D eigenvalue weighted by molar-refractivity contribution is 5.60. The van der Waals surface area contributed by atoms with Crippen molar-refractivity contribution in [2.24, 2.45) is 0 Å². The molecule has 1 aliphatic rings. The molecule has 1 saturated heterocycles. The van der Waals surface area contributed by atoms with Crippen molar-refractivity contribution in [3.05, 3.63) is 15.8 Å². The number of hydrogen-bond acceptors (Lipinski definition) is 8. The largest absolute Gasteiger partial charge is 0.378 e. The lowest BCUT2D eigenvalue weighted by Crippen LogP contribution is -2.39. The molecule has 0 spiro atoms. The summed E-state index contributed by atoms with van der Waals surface area (Å²) in [4.78, 5) is 18.9. The van der Waals surface area contributed by atoms with Crippen LogP contribution < -0.4 is 10.6 Å². The zero-order chi connectivity index (χ0) is 15.5. The zero-order valence-corrected chi connectivity index (χ0v) is 12.3. The van der Waals surface area contributed by atoms with Gasteiger partial charge in [-0.15, -0.1) is 0 Å². The number of nitro groups is 1. The van der Waals surface area contributed by atoms with Crippen molar-refractivity contribution in [2.75, 3.05) is 44.5 Å². The van der Waals surface area contributed by atoms with Crippen LogP contribution >= 0.6 is 0 Å². The van der Waals surface area contributed by atoms with Crippen molar-refractivity contribution >= 4 is 17.5 Å². The van der Waals surface area contributed by atoms with Crippen LogP contribution in [0.5, 0.6) is 0 Å². The first-order valence-corrected chi connectivity index (χ1v) is 6.59. The lowest BCUT2D eigenvalue weighted by molar-refractivity contribution is -0.385. The van der Waals surface area contributed by atoms with Crippen molar-refractivity contribution in [3.8, 4) is 0 Å². The first-order valence-electron chi connectivity index (χ1n) is 6.59. The fourth-order valence-electron chi connectivity index (χ4n) is 2.23. The molecule has 9 nitrogen and oxygen atoms in total. The SMILES string of the molecule is CNc1nc(C)c([N+](=O)[O-])c(NCC2(OC)CCOC2)n1. The summed E-state index contributed by atoms with van der Waals surface area (Å²) in [6, 6.07) is 0. The third kappa shape index (κ3) is 3.19. The Labute approximate surface area is 122 Å². The van der Waals surface area contributed by atoms with Crippen LogP contribution in [0.3, 0.4) is 0 Å². The summed E-state index contributed by atoms with van der Waals surface area (Å²) in [7, 11) is 3.26. The fraction of sp³-hybridized carbons (Fsp3) is 0.667. The number of rotatable bonds is 6. The predicted molar refractivity (Wildman–Crippen MR) is 76.6 cm³/mol. The van der Waals surface area contributed by atoms with Crippen molar-refractivity contribution in [3.63, 3.8) is 0 Å². The predicted octanol–water partition coefficient (Wildman–Crippen LogP) is 0.952. The molecule has 2 heterocycles. The van der Waals surface area contributed by atoms with Gasteiger partial charge in [-0.2, -0.15) is 4.98 Å². The molecule has 9 heteroatoms. The molecule has 1 aromatic heterocycles. The topological polar surface area (TPSA) is 111 Å². The van der Waals surface area contributed by atoms with Gasteiger partial charge in [0.25, 0.3) is 0 Å². The molecule has 1 aromatic rings. The van der Waals surface area contributed by atoms with Gasteiger partial charge in [0.15, 0.2) is 0 Å². The minimum atomic E-state index is -0.484. The van der Waals surface area contributed by atoms with Crippen LogP contribution in [0.25, 0.3) is 0 Å². The Morgan fingerprint density at radius 2 is 2.29 bits per heavy atom. The molecule has 1 aliphatic heterocycles. The van der Waals surface area contributed by atoms with E-state index < -0.39 is 10.5 Å². The molecular formula is C12H19N5O4. The number of aryl methyl sites for hydroxylation is 1. The van der Waals surface area contributed by atoms with Crippen LogP contribution in [0, 0.1) is 17.0 Å². The molecule has 0 radical (unpaired) electrons. The minimum absolute atomic E-state index is 0.126. The number of anilines is 2. The summed E-state index contributed by atoms with van der Waals surface area (Å²) < 4.78 is 10.8. The molecule has 0 saturated carbocycles. The molecule has 0 aliphatic carbocycles. The van der Waals surface area contributed by atoms with Crippen LogP contribution in [0.1, 0.15) is 12.1 Å². The second-order valence-corrected chi connectivity index (χ2v) is 4.88. The van der Waals surface area contributed by atoms with E-state index in [0.29, 0.717) is 31.4 Å². The van der Waals surface area contributed by atoms with E-state index in [1.54, 1.807) is 21.1 Å². The quantitative estimate of drug-likeness (QED) is 0.589. The van der Waals surface area contributed by atoms with Crippen molar-refractivity contribution in [2.45, 2.75) is 18.9 Å². The third-order valence-electron chi connectivity index (χ3n) is 3.54. The Kier molecular flexibility index (Phi) is 4.53. The van der Waals surface area contributed by atoms with E-state index >= 15 is 0 Å². The van der Waals surface area contributed by atoms with E-state index in [1.165, 1.54) is 0 Å². The Bertz CT molecular complexity index is 531. The van der Waals surface area contributed by atoms with Gasteiger partial charge < -0.3 is 20.1 Å². The average Bonchev–Trinajstić information content (AvgIpc) is 2.93. The van der Waals surface area contributed by atoms with Crippen LogP contribution in [-0.2, 0) is 9.47 Å². The van der Waals surface area contributed by atoms with E-state index in [-0.39, 0.29) is 11.5 Å². The molecule has 0 aromatic carbocycles. The number of methoxy groups -OCH3 is 1. The highest BCUT2D eigenvalue weighted by Crippen LogP contribution is 2.29. The average molecular weight is 297 g/mol. The first-order chi connectivity index (χ1) is 10.0. The van der Waals surface area contributed by atoms with Gasteiger partial charge in [0.1, 0.15) is 11.3 Å². The number of nitrogens with zero attached hydrogens (tertiary/aromatic N) is 3. The molecule has 1 unspecified atom stereocenters. The summed E-state index contributed by atoms with van der Waals surface area (Å²) >= 11 is 0. The van der Waals surface area contributed by atoms with Crippen LogP contribution in [0.15, 0.2) is 0 Å². The van der Waals surface area contributed by atoms with Crippen molar-refractivity contribution in [1.82, 2.24) is 9.97 Å². The summed E-state index contributed by atoms with van der Waals surface area (Å²) in [5, 5.41) is 17.0. The molecule has 2 rings (SSSR count). The van der Waals surface area contributed by atoms with Crippen molar-refractivity contribution < 1.29 is 14.4 Å². The lowest BCUT2D eigenvalue weighted by Gasteiger charge is -2.26. The van der Waals surface area contributed by atoms with E-state index in [0.717, 1.165) is 6.42 Å². The van der Waals surface area contributed by atoms with E-state index in [2.05, 4.69) is 20.6 Å². The van der Waals surface area contributed by atoms with E-state index in [9.17, 15) is 10.1 Å². The monoisotopic (exact) mass is 297 g/mol. The van der Waals surface area contributed by atoms with Gasteiger partial charge in [-0.3, -0.25) is 10.1 Å². The first kappa shape index (κ1) is 15.4. The standard InChI is InChI=1S/C12H19N5O4/c1-8-9(17(18)19)10(16-11(13-2)15-8)14-6-12(20-3)4-5-21-7-12/h4-7H2,1-3H3,(H2,13,14,15,16). The van der Waals surface area contributed by atoms with Gasteiger partial charge in [0.2, 0.25) is 11.8 Å². The number of aromatic nitrogens is 2. The number of ether oxygens (including phenoxy) is 2. The second-order valence-electron chi connectivity index (χ2n) is 4.88. The summed E-state index contributed by atoms with van der Waals surface area (Å²) in [6.45, 7) is 3.02. The maximum absolute atomic E-state index is 11.2. The normalized spacial score (nSPS) is 21.3. The maximum atomic E-state index is 11.2. The minimum Gasteiger partial charge on any atom is -0.378 e. The van der Waals surface area contributed by atoms with E-state index in [1.807, 2.05) is 0 Å². The highest BCUT2D eigenvalue weighted by atomic mass is 16.6. The van der Waals surface area contributed by atoms with Gasteiger partial charge in [-0.25, -0.2) is 4.98 Å². The summed E-state index contributed by atoms with van der Waals surface area (Å²) in [6.07, 6.45) is 0.729. The molecule has 1 fully saturated rings. The molecule has 0 amide bonds. The molecule has 2 N–H and O–H groups in total. The Hall–Kier alpha value is -2.00. The molecule has 21 heavy (non-hydrogen) atoms. The van der Waals surface area contributed by atoms with E-state index in [4.69, 9.17) is 9.47 Å². The van der Waals surface area contributed by atoms with Crippen LogP contribution in [0.4, 0.5) is 17.5 Å². The fourth-order valence-corrected chi connectivity index (χ4v) is 2.23. The summed E-state index contributed by atoms with van der Waals surface area (Å²) in [5.74, 6) is 0.509. The highest BCUT2D eigenvalue weighted by Gasteiger charge is 2.35. The Balaban J connectivity index is 2.25. The van der Waals surface area contributed by atoms with Crippen LogP contribution in [-0.4, -0.2) is 54.4 Å². The Morgan fingerprint density at radius 3 is 2.81 bits per heavy atom. The molecule has 116 valence electrons. The van der Waals surface area contributed by atoms with Gasteiger partial charge in [-0.05, 0) is 6.92 Å². The van der Waals surface area contributed by atoms with Gasteiger partial charge in [0.05, 0.1) is 11.5 Å². The summed E-state index contributed by atoms with van der Waals surface area (Å²) in [5.41, 5.74) is -0.304. The molecule has 1 atom stereocenters. The molecular weight excluding hydrogens is 278 g/mol. The van der Waals surface area contributed by atoms with Crippen molar-refractivity contribution in [1.29, 1.82) is 0 Å².